The highest BCUT2D eigenvalue weighted by Gasteiger charge is 2.64. The molecule has 0 bridgehead atoms. The van der Waals surface area contributed by atoms with E-state index >= 15 is 0 Å². The van der Waals surface area contributed by atoms with Gasteiger partial charge in [-0.3, -0.25) is 10.1 Å². The zero-order valence-corrected chi connectivity index (χ0v) is 20.1. The maximum absolute atomic E-state index is 14.7. The Morgan fingerprint density at radius 1 is 1.00 bits per heavy atom. The van der Waals surface area contributed by atoms with E-state index in [2.05, 4.69) is 24.6 Å². The number of aromatic nitrogens is 2. The Labute approximate surface area is 220 Å². The van der Waals surface area contributed by atoms with Gasteiger partial charge in [0.25, 0.3) is 11.5 Å². The van der Waals surface area contributed by atoms with Crippen LogP contribution >= 0.6 is 11.6 Å². The molecule has 18 heteroatoms. The van der Waals surface area contributed by atoms with Gasteiger partial charge in [-0.2, -0.15) is 39.5 Å². The maximum atomic E-state index is 14.7. The Balaban J connectivity index is 1.63. The second-order valence-corrected chi connectivity index (χ2v) is 8.75. The molecule has 0 aliphatic carbocycles. The maximum Gasteiger partial charge on any atom is 0.470 e. The van der Waals surface area contributed by atoms with Gasteiger partial charge in [-0.15, -0.1) is 5.10 Å². The molecule has 0 spiro atoms. The molecule has 0 saturated heterocycles. The molecule has 4 rings (SSSR count). The van der Waals surface area contributed by atoms with E-state index in [1.54, 1.807) is 0 Å². The summed E-state index contributed by atoms with van der Waals surface area (Å²) >= 11 is 5.47. The normalized spacial score (nSPS) is 17.9. The standard InChI is InChI=1S/C22H11ClF10N4O3/c1-8-4-9(2-3-11(8)16(38)34-18-36-35-17(39-18)21(28,29)30)14-7-19(40-37-14,22(31,32)33)12-5-10(20(25,26)27)6-13(23)15(12)24/h2-6H,7H2,1H3,(H,34,36,38)/t19-/m1/s1. The van der Waals surface area contributed by atoms with Crippen LogP contribution in [0.4, 0.5) is 49.9 Å². The van der Waals surface area contributed by atoms with Gasteiger partial charge in [-0.1, -0.05) is 27.9 Å². The highest BCUT2D eigenvalue weighted by Crippen LogP contribution is 2.51. The number of aryl methyl sites for hydroxylation is 1. The molecule has 1 aromatic heterocycles. The van der Waals surface area contributed by atoms with Crippen molar-refractivity contribution in [3.63, 3.8) is 0 Å². The van der Waals surface area contributed by atoms with Crippen LogP contribution in [0.15, 0.2) is 39.9 Å². The quantitative estimate of drug-likeness (QED) is 0.323. The minimum absolute atomic E-state index is 0.0619. The molecule has 0 fully saturated rings. The number of hydrogen-bond acceptors (Lipinski definition) is 6. The lowest BCUT2D eigenvalue weighted by Crippen LogP contribution is -2.43. The predicted molar refractivity (Wildman–Crippen MR) is 115 cm³/mol. The van der Waals surface area contributed by atoms with Crippen LogP contribution in [0.3, 0.4) is 0 Å². The highest BCUT2D eigenvalue weighted by molar-refractivity contribution is 6.30. The first-order valence-electron chi connectivity index (χ1n) is 10.5. The number of halogens is 11. The fourth-order valence-corrected chi connectivity index (χ4v) is 3.95. The Bertz CT molecular complexity index is 1510. The zero-order valence-electron chi connectivity index (χ0n) is 19.3. The van der Waals surface area contributed by atoms with Crippen molar-refractivity contribution in [1.29, 1.82) is 0 Å². The van der Waals surface area contributed by atoms with Crippen LogP contribution in [0.1, 0.15) is 44.9 Å². The molecular formula is C22H11ClF10N4O3. The summed E-state index contributed by atoms with van der Waals surface area (Å²) in [5.74, 6) is -4.53. The first-order chi connectivity index (χ1) is 18.3. The number of benzene rings is 2. The van der Waals surface area contributed by atoms with E-state index in [9.17, 15) is 48.7 Å². The number of amides is 1. The van der Waals surface area contributed by atoms with E-state index in [0.717, 1.165) is 18.2 Å². The van der Waals surface area contributed by atoms with Crippen LogP contribution in [0.2, 0.25) is 5.02 Å². The molecule has 1 atom stereocenters. The highest BCUT2D eigenvalue weighted by atomic mass is 35.5. The summed E-state index contributed by atoms with van der Waals surface area (Å²) in [5.41, 5.74) is -7.51. The molecular weight excluding hydrogens is 594 g/mol. The Morgan fingerprint density at radius 3 is 2.23 bits per heavy atom. The molecule has 1 N–H and O–H groups in total. The smallest absolute Gasteiger partial charge is 0.399 e. The fourth-order valence-electron chi connectivity index (χ4n) is 3.73. The minimum atomic E-state index is -5.47. The van der Waals surface area contributed by atoms with Crippen molar-refractivity contribution in [2.45, 2.75) is 37.5 Å². The van der Waals surface area contributed by atoms with Crippen LogP contribution in [-0.2, 0) is 22.8 Å². The molecule has 0 radical (unpaired) electrons. The largest absolute Gasteiger partial charge is 0.470 e. The van der Waals surface area contributed by atoms with Gasteiger partial charge in [-0.05, 0) is 42.3 Å². The number of oxime groups is 1. The lowest BCUT2D eigenvalue weighted by atomic mass is 9.85. The van der Waals surface area contributed by atoms with E-state index < -0.39 is 76.0 Å². The summed E-state index contributed by atoms with van der Waals surface area (Å²) in [5, 5.41) is 9.83. The number of nitrogens with zero attached hydrogens (tertiary/aromatic N) is 3. The SMILES string of the molecule is Cc1cc(C2=NO[C@](c3cc(C(F)(F)F)cc(Cl)c3F)(C(F)(F)F)C2)ccc1C(=O)Nc1nnc(C(F)(F)F)o1. The number of rotatable bonds is 4. The molecule has 1 amide bonds. The lowest BCUT2D eigenvalue weighted by Gasteiger charge is -2.30. The van der Waals surface area contributed by atoms with Crippen LogP contribution in [0.25, 0.3) is 0 Å². The molecule has 1 aliphatic heterocycles. The van der Waals surface area contributed by atoms with Gasteiger partial charge in [0, 0.05) is 11.1 Å². The van der Waals surface area contributed by atoms with Gasteiger partial charge in [0.1, 0.15) is 5.82 Å². The molecule has 7 nitrogen and oxygen atoms in total. The number of nitrogens with one attached hydrogen (secondary N) is 1. The second kappa shape index (κ2) is 9.64. The second-order valence-electron chi connectivity index (χ2n) is 8.34. The van der Waals surface area contributed by atoms with Crippen molar-refractivity contribution in [3.8, 4) is 0 Å². The third-order valence-corrected chi connectivity index (χ3v) is 5.94. The van der Waals surface area contributed by atoms with Gasteiger partial charge in [-0.25, -0.2) is 4.39 Å². The number of carbonyl (C=O) groups is 1. The van der Waals surface area contributed by atoms with E-state index in [-0.39, 0.29) is 28.8 Å². The molecule has 0 unspecified atom stereocenters. The van der Waals surface area contributed by atoms with Crippen molar-refractivity contribution < 1.29 is 58.0 Å². The Hall–Kier alpha value is -3.89. The number of anilines is 1. The van der Waals surface area contributed by atoms with E-state index in [4.69, 9.17) is 11.6 Å². The van der Waals surface area contributed by atoms with Crippen LogP contribution in [0, 0.1) is 12.7 Å². The summed E-state index contributed by atoms with van der Waals surface area (Å²) < 4.78 is 139. The van der Waals surface area contributed by atoms with E-state index in [1.807, 2.05) is 5.32 Å². The van der Waals surface area contributed by atoms with E-state index in [1.165, 1.54) is 6.92 Å². The number of hydrogen-bond donors (Lipinski definition) is 1. The molecule has 2 aromatic carbocycles. The first-order valence-corrected chi connectivity index (χ1v) is 10.9. The van der Waals surface area contributed by atoms with Crippen LogP contribution < -0.4 is 5.32 Å². The van der Waals surface area contributed by atoms with Gasteiger partial charge in [0.15, 0.2) is 0 Å². The molecule has 3 aromatic rings. The summed E-state index contributed by atoms with van der Waals surface area (Å²) in [6.07, 6.45) is -16.9. The lowest BCUT2D eigenvalue weighted by molar-refractivity contribution is -0.276. The van der Waals surface area contributed by atoms with Gasteiger partial charge in [0.2, 0.25) is 0 Å². The molecule has 2 heterocycles. The van der Waals surface area contributed by atoms with Crippen molar-refractivity contribution in [1.82, 2.24) is 10.2 Å². The molecule has 40 heavy (non-hydrogen) atoms. The van der Waals surface area contributed by atoms with Crippen molar-refractivity contribution in [2.24, 2.45) is 5.16 Å². The minimum Gasteiger partial charge on any atom is -0.399 e. The number of alkyl halides is 9. The molecule has 214 valence electrons. The third-order valence-electron chi connectivity index (χ3n) is 5.67. The molecule has 1 aliphatic rings. The summed E-state index contributed by atoms with van der Waals surface area (Å²) in [6, 6.07) is 2.49. The van der Waals surface area contributed by atoms with E-state index in [0.29, 0.717) is 0 Å². The fraction of sp³-hybridized carbons (Fsp3) is 0.273. The zero-order chi connectivity index (χ0) is 29.8. The van der Waals surface area contributed by atoms with Crippen LogP contribution in [0.5, 0.6) is 0 Å². The Morgan fingerprint density at radius 2 is 1.68 bits per heavy atom. The average Bonchev–Trinajstić information content (AvgIpc) is 3.48. The van der Waals surface area contributed by atoms with Gasteiger partial charge >= 0.3 is 30.4 Å². The third kappa shape index (κ3) is 5.29. The topological polar surface area (TPSA) is 89.6 Å². The van der Waals surface area contributed by atoms with Crippen molar-refractivity contribution in [3.05, 3.63) is 74.9 Å². The summed E-state index contributed by atoms with van der Waals surface area (Å²) in [7, 11) is 0. The first kappa shape index (κ1) is 29.1. The monoisotopic (exact) mass is 604 g/mol. The predicted octanol–water partition coefficient (Wildman–Crippen LogP) is 7.04. The van der Waals surface area contributed by atoms with Crippen molar-refractivity contribution in [2.75, 3.05) is 5.32 Å². The van der Waals surface area contributed by atoms with Gasteiger partial charge in [0.05, 0.1) is 22.7 Å². The van der Waals surface area contributed by atoms with Crippen molar-refractivity contribution >= 4 is 29.2 Å². The van der Waals surface area contributed by atoms with Gasteiger partial charge < -0.3 is 9.25 Å². The van der Waals surface area contributed by atoms with Crippen LogP contribution in [-0.4, -0.2) is 28.0 Å². The Kier molecular flexibility index (Phi) is 7.01. The summed E-state index contributed by atoms with van der Waals surface area (Å²) in [6.45, 7) is 1.31. The average molecular weight is 605 g/mol. The molecule has 0 saturated carbocycles. The number of carbonyl (C=O) groups excluding carboxylic acids is 1. The summed E-state index contributed by atoms with van der Waals surface area (Å²) in [4.78, 5) is 17.0.